The number of nitrogens with zero attached hydrogens (tertiary/aromatic N) is 1. The van der Waals surface area contributed by atoms with Gasteiger partial charge in [0.2, 0.25) is 0 Å². The summed E-state index contributed by atoms with van der Waals surface area (Å²) in [4.78, 5) is 13.1. The van der Waals surface area contributed by atoms with E-state index >= 15 is 0 Å². The molecule has 0 atom stereocenters. The first kappa shape index (κ1) is 13.7. The normalized spacial score (nSPS) is 15.4. The molecule has 0 radical (unpaired) electrons. The summed E-state index contributed by atoms with van der Waals surface area (Å²) < 4.78 is 0. The topological polar surface area (TPSA) is 52.6 Å². The fourth-order valence-electron chi connectivity index (χ4n) is 2.56. The van der Waals surface area contributed by atoms with E-state index in [1.807, 2.05) is 17.0 Å². The van der Waals surface area contributed by atoms with Crippen molar-refractivity contribution in [3.05, 3.63) is 23.8 Å². The number of carboxylic acid groups (broad SMARTS) is 1. The molecule has 0 unspecified atom stereocenters. The third kappa shape index (κ3) is 3.00. The summed E-state index contributed by atoms with van der Waals surface area (Å²) in [6, 6.07) is 6.17. The Hall–Kier alpha value is -1.71. The van der Waals surface area contributed by atoms with E-state index in [0.29, 0.717) is 0 Å². The molecule has 4 heteroatoms. The maximum atomic E-state index is 11.1. The van der Waals surface area contributed by atoms with Crippen LogP contribution in [0, 0.1) is 0 Å². The highest BCUT2D eigenvalue weighted by Gasteiger charge is 2.26. The van der Waals surface area contributed by atoms with E-state index in [0.717, 1.165) is 30.9 Å². The monoisotopic (exact) mass is 262 g/mol. The number of aliphatic carboxylic acids is 1. The van der Waals surface area contributed by atoms with Crippen LogP contribution in [0.3, 0.4) is 0 Å². The van der Waals surface area contributed by atoms with Crippen molar-refractivity contribution >= 4 is 17.3 Å². The van der Waals surface area contributed by atoms with Gasteiger partial charge in [-0.2, -0.15) is 0 Å². The number of hydrogen-bond acceptors (Lipinski definition) is 3. The van der Waals surface area contributed by atoms with Gasteiger partial charge in [-0.1, -0.05) is 32.9 Å². The van der Waals surface area contributed by atoms with Gasteiger partial charge in [0.15, 0.2) is 0 Å². The van der Waals surface area contributed by atoms with Gasteiger partial charge in [-0.3, -0.25) is 4.79 Å². The molecule has 1 aliphatic heterocycles. The second kappa shape index (κ2) is 5.11. The summed E-state index contributed by atoms with van der Waals surface area (Å²) in [6.07, 6.45) is 0.950. The molecule has 0 saturated carbocycles. The first-order chi connectivity index (χ1) is 8.89. The molecular weight excluding hydrogens is 240 g/mol. The second-order valence-corrected chi connectivity index (χ2v) is 6.05. The van der Waals surface area contributed by atoms with Crippen LogP contribution in [-0.4, -0.2) is 30.7 Å². The van der Waals surface area contributed by atoms with Gasteiger partial charge in [0, 0.05) is 13.1 Å². The SMILES string of the molecule is CC(C)(C)c1cccc2c1N(CC(=O)O)CCCN2. The van der Waals surface area contributed by atoms with Crippen molar-refractivity contribution in [3.63, 3.8) is 0 Å². The molecule has 1 heterocycles. The van der Waals surface area contributed by atoms with Crippen LogP contribution in [0.4, 0.5) is 11.4 Å². The Kier molecular flexibility index (Phi) is 3.69. The fraction of sp³-hybridized carbons (Fsp3) is 0.533. The average molecular weight is 262 g/mol. The Morgan fingerprint density at radius 1 is 1.42 bits per heavy atom. The lowest BCUT2D eigenvalue weighted by atomic mass is 9.85. The van der Waals surface area contributed by atoms with Crippen LogP contribution < -0.4 is 10.2 Å². The van der Waals surface area contributed by atoms with Gasteiger partial charge in [-0.05, 0) is 23.5 Å². The number of fused-ring (bicyclic) bond motifs is 1. The Morgan fingerprint density at radius 3 is 2.79 bits per heavy atom. The molecule has 0 saturated heterocycles. The van der Waals surface area contributed by atoms with E-state index in [1.54, 1.807) is 0 Å². The number of carbonyl (C=O) groups is 1. The minimum absolute atomic E-state index is 0.00584. The molecule has 4 nitrogen and oxygen atoms in total. The highest BCUT2D eigenvalue weighted by molar-refractivity contribution is 5.81. The summed E-state index contributed by atoms with van der Waals surface area (Å²) in [5.41, 5.74) is 3.29. The summed E-state index contributed by atoms with van der Waals surface area (Å²) in [5.74, 6) is -0.781. The summed E-state index contributed by atoms with van der Waals surface area (Å²) in [6.45, 7) is 8.20. The van der Waals surface area contributed by atoms with Crippen molar-refractivity contribution in [1.29, 1.82) is 0 Å². The maximum Gasteiger partial charge on any atom is 0.323 e. The lowest BCUT2D eigenvalue weighted by molar-refractivity contribution is -0.135. The summed E-state index contributed by atoms with van der Waals surface area (Å²) >= 11 is 0. The quantitative estimate of drug-likeness (QED) is 0.860. The molecule has 2 N–H and O–H groups in total. The minimum atomic E-state index is -0.781. The standard InChI is InChI=1S/C15H22N2O2/c1-15(2,3)11-6-4-7-12-14(11)17(10-13(18)19)9-5-8-16-12/h4,6-7,16H,5,8-10H2,1-3H3,(H,18,19). The molecule has 0 amide bonds. The average Bonchev–Trinajstić information content (AvgIpc) is 2.50. The van der Waals surface area contributed by atoms with Crippen molar-refractivity contribution in [1.82, 2.24) is 0 Å². The smallest absolute Gasteiger partial charge is 0.323 e. The van der Waals surface area contributed by atoms with Gasteiger partial charge >= 0.3 is 5.97 Å². The Labute approximate surface area is 114 Å². The molecule has 1 aromatic carbocycles. The van der Waals surface area contributed by atoms with Crippen LogP contribution in [0.15, 0.2) is 18.2 Å². The molecule has 0 spiro atoms. The Bertz CT molecular complexity index is 478. The van der Waals surface area contributed by atoms with Crippen LogP contribution in [-0.2, 0) is 10.2 Å². The van der Waals surface area contributed by atoms with Crippen molar-refractivity contribution in [2.75, 3.05) is 29.9 Å². The zero-order chi connectivity index (χ0) is 14.0. The first-order valence-electron chi connectivity index (χ1n) is 6.73. The van der Waals surface area contributed by atoms with E-state index in [4.69, 9.17) is 5.11 Å². The maximum absolute atomic E-state index is 11.1. The zero-order valence-corrected chi connectivity index (χ0v) is 11.9. The van der Waals surface area contributed by atoms with E-state index in [1.165, 1.54) is 5.56 Å². The highest BCUT2D eigenvalue weighted by Crippen LogP contribution is 2.38. The molecule has 0 bridgehead atoms. The largest absolute Gasteiger partial charge is 0.480 e. The number of para-hydroxylation sites is 1. The van der Waals surface area contributed by atoms with E-state index < -0.39 is 5.97 Å². The molecular formula is C15H22N2O2. The summed E-state index contributed by atoms with van der Waals surface area (Å²) in [5, 5.41) is 12.5. The van der Waals surface area contributed by atoms with Crippen molar-refractivity contribution in [2.45, 2.75) is 32.6 Å². The zero-order valence-electron chi connectivity index (χ0n) is 11.9. The molecule has 0 fully saturated rings. The van der Waals surface area contributed by atoms with Crippen LogP contribution >= 0.6 is 0 Å². The highest BCUT2D eigenvalue weighted by atomic mass is 16.4. The number of carboxylic acids is 1. The third-order valence-corrected chi connectivity index (χ3v) is 3.41. The van der Waals surface area contributed by atoms with E-state index in [-0.39, 0.29) is 12.0 Å². The van der Waals surface area contributed by atoms with Gasteiger partial charge in [0.05, 0.1) is 11.4 Å². The lowest BCUT2D eigenvalue weighted by Crippen LogP contribution is -2.32. The second-order valence-electron chi connectivity index (χ2n) is 6.05. The molecule has 19 heavy (non-hydrogen) atoms. The van der Waals surface area contributed by atoms with Crippen molar-refractivity contribution in [2.24, 2.45) is 0 Å². The van der Waals surface area contributed by atoms with Crippen molar-refractivity contribution in [3.8, 4) is 0 Å². The Morgan fingerprint density at radius 2 is 2.16 bits per heavy atom. The van der Waals surface area contributed by atoms with Gasteiger partial charge in [0.25, 0.3) is 0 Å². The number of rotatable bonds is 2. The predicted octanol–water partition coefficient (Wildman–Crippen LogP) is 2.69. The molecule has 2 rings (SSSR count). The van der Waals surface area contributed by atoms with E-state index in [2.05, 4.69) is 32.2 Å². The summed E-state index contributed by atoms with van der Waals surface area (Å²) in [7, 11) is 0. The first-order valence-corrected chi connectivity index (χ1v) is 6.73. The third-order valence-electron chi connectivity index (χ3n) is 3.41. The van der Waals surface area contributed by atoms with E-state index in [9.17, 15) is 4.79 Å². The van der Waals surface area contributed by atoms with Gasteiger partial charge in [-0.15, -0.1) is 0 Å². The molecule has 1 aromatic rings. The van der Waals surface area contributed by atoms with Crippen LogP contribution in [0.2, 0.25) is 0 Å². The fourth-order valence-corrected chi connectivity index (χ4v) is 2.56. The van der Waals surface area contributed by atoms with Crippen LogP contribution in [0.1, 0.15) is 32.8 Å². The minimum Gasteiger partial charge on any atom is -0.480 e. The molecule has 104 valence electrons. The van der Waals surface area contributed by atoms with Crippen LogP contribution in [0.5, 0.6) is 0 Å². The molecule has 0 aromatic heterocycles. The molecule has 1 aliphatic rings. The van der Waals surface area contributed by atoms with Gasteiger partial charge in [-0.25, -0.2) is 0 Å². The van der Waals surface area contributed by atoms with Crippen LogP contribution in [0.25, 0.3) is 0 Å². The number of nitrogens with one attached hydrogen (secondary N) is 1. The van der Waals surface area contributed by atoms with Gasteiger partial charge < -0.3 is 15.3 Å². The number of hydrogen-bond donors (Lipinski definition) is 2. The van der Waals surface area contributed by atoms with Crippen molar-refractivity contribution < 1.29 is 9.90 Å². The Balaban J connectivity index is 2.52. The predicted molar refractivity (Wildman–Crippen MR) is 78.1 cm³/mol. The number of anilines is 2. The number of benzene rings is 1. The lowest BCUT2D eigenvalue weighted by Gasteiger charge is -2.30. The molecule has 0 aliphatic carbocycles. The van der Waals surface area contributed by atoms with Gasteiger partial charge in [0.1, 0.15) is 6.54 Å².